The number of rotatable bonds is 6. The van der Waals surface area contributed by atoms with Crippen molar-refractivity contribution >= 4 is 11.6 Å². The van der Waals surface area contributed by atoms with E-state index in [9.17, 15) is 9.59 Å². The summed E-state index contributed by atoms with van der Waals surface area (Å²) in [5.41, 5.74) is 4.44. The molecule has 0 N–H and O–H groups in total. The van der Waals surface area contributed by atoms with E-state index in [4.69, 9.17) is 14.2 Å². The molecule has 34 heavy (non-hydrogen) atoms. The Kier molecular flexibility index (Phi) is 6.27. The summed E-state index contributed by atoms with van der Waals surface area (Å²) < 4.78 is 18.2. The SMILES string of the molecule is CCOc1cc(C2C3=C(CCCC3=O)OC3=C2C(=O)CCC3)ccc1OCc1cccc(C)c1. The van der Waals surface area contributed by atoms with Gasteiger partial charge >= 0.3 is 0 Å². The maximum Gasteiger partial charge on any atom is 0.163 e. The lowest BCUT2D eigenvalue weighted by Crippen LogP contribution is -2.30. The van der Waals surface area contributed by atoms with Crippen LogP contribution < -0.4 is 9.47 Å². The summed E-state index contributed by atoms with van der Waals surface area (Å²) in [5, 5.41) is 0. The molecule has 2 aromatic rings. The second-order valence-electron chi connectivity index (χ2n) is 9.18. The Morgan fingerprint density at radius 3 is 2.21 bits per heavy atom. The number of hydrogen-bond donors (Lipinski definition) is 0. The number of allylic oxidation sites excluding steroid dienone is 4. The Morgan fingerprint density at radius 1 is 0.853 bits per heavy atom. The van der Waals surface area contributed by atoms with Crippen molar-refractivity contribution < 1.29 is 23.8 Å². The predicted octanol–water partition coefficient (Wildman–Crippen LogP) is 6.10. The minimum atomic E-state index is -0.399. The monoisotopic (exact) mass is 458 g/mol. The Labute approximate surface area is 200 Å². The second-order valence-corrected chi connectivity index (χ2v) is 9.18. The Bertz CT molecular complexity index is 1160. The molecule has 0 saturated heterocycles. The lowest BCUT2D eigenvalue weighted by molar-refractivity contribution is -0.117. The third-order valence-corrected chi connectivity index (χ3v) is 6.72. The number of ether oxygens (including phenoxy) is 3. The van der Waals surface area contributed by atoms with E-state index >= 15 is 0 Å². The fourth-order valence-corrected chi connectivity index (χ4v) is 5.21. The van der Waals surface area contributed by atoms with Crippen LogP contribution in [0.2, 0.25) is 0 Å². The number of carbonyl (C=O) groups is 2. The first-order chi connectivity index (χ1) is 16.5. The van der Waals surface area contributed by atoms with Crippen molar-refractivity contribution in [3.05, 3.63) is 81.8 Å². The van der Waals surface area contributed by atoms with Crippen LogP contribution in [0, 0.1) is 6.92 Å². The number of carbonyl (C=O) groups excluding carboxylic acids is 2. The first-order valence-electron chi connectivity index (χ1n) is 12.2. The van der Waals surface area contributed by atoms with Gasteiger partial charge in [0.15, 0.2) is 23.1 Å². The van der Waals surface area contributed by atoms with E-state index in [1.807, 2.05) is 37.3 Å². The minimum absolute atomic E-state index is 0.0777. The highest BCUT2D eigenvalue weighted by molar-refractivity contribution is 6.05. The maximum absolute atomic E-state index is 13.0. The fourth-order valence-electron chi connectivity index (χ4n) is 5.21. The number of benzene rings is 2. The van der Waals surface area contributed by atoms with E-state index in [0.717, 1.165) is 48.3 Å². The molecular weight excluding hydrogens is 428 g/mol. The van der Waals surface area contributed by atoms with Crippen molar-refractivity contribution in [2.45, 2.75) is 64.9 Å². The quantitative estimate of drug-likeness (QED) is 0.523. The highest BCUT2D eigenvalue weighted by Crippen LogP contribution is 2.48. The van der Waals surface area contributed by atoms with E-state index in [0.29, 0.717) is 48.7 Å². The fraction of sp³-hybridized carbons (Fsp3) is 0.379. The molecule has 3 aliphatic rings. The van der Waals surface area contributed by atoms with E-state index in [1.54, 1.807) is 0 Å². The average Bonchev–Trinajstić information content (AvgIpc) is 2.83. The third kappa shape index (κ3) is 4.27. The van der Waals surface area contributed by atoms with Gasteiger partial charge in [-0.25, -0.2) is 0 Å². The van der Waals surface area contributed by atoms with E-state index < -0.39 is 5.92 Å². The molecular formula is C29H30O5. The molecule has 2 aliphatic carbocycles. The molecule has 1 aliphatic heterocycles. The molecule has 0 aromatic heterocycles. The van der Waals surface area contributed by atoms with Crippen molar-refractivity contribution in [3.63, 3.8) is 0 Å². The van der Waals surface area contributed by atoms with Crippen LogP contribution in [-0.2, 0) is 20.9 Å². The molecule has 0 amide bonds. The number of ketones is 2. The number of Topliss-reactive ketones (excluding diaryl/α,β-unsaturated/α-hetero) is 2. The van der Waals surface area contributed by atoms with Crippen LogP contribution in [0.25, 0.3) is 0 Å². The van der Waals surface area contributed by atoms with Gasteiger partial charge in [-0.05, 0) is 49.9 Å². The number of aryl methyl sites for hydroxylation is 1. The topological polar surface area (TPSA) is 61.8 Å². The van der Waals surface area contributed by atoms with Gasteiger partial charge in [0.2, 0.25) is 0 Å². The van der Waals surface area contributed by atoms with Gasteiger partial charge in [-0.2, -0.15) is 0 Å². The van der Waals surface area contributed by atoms with Gasteiger partial charge in [-0.15, -0.1) is 0 Å². The minimum Gasteiger partial charge on any atom is -0.490 e. The summed E-state index contributed by atoms with van der Waals surface area (Å²) in [6, 6.07) is 14.0. The lowest BCUT2D eigenvalue weighted by Gasteiger charge is -2.36. The smallest absolute Gasteiger partial charge is 0.163 e. The van der Waals surface area contributed by atoms with Crippen LogP contribution >= 0.6 is 0 Å². The normalized spacial score (nSPS) is 18.4. The zero-order valence-corrected chi connectivity index (χ0v) is 19.8. The zero-order valence-electron chi connectivity index (χ0n) is 19.8. The first-order valence-corrected chi connectivity index (χ1v) is 12.2. The van der Waals surface area contributed by atoms with Crippen molar-refractivity contribution in [1.29, 1.82) is 0 Å². The Morgan fingerprint density at radius 2 is 1.56 bits per heavy atom. The number of hydrogen-bond acceptors (Lipinski definition) is 5. The maximum atomic E-state index is 13.0. The summed E-state index contributed by atoms with van der Waals surface area (Å²) in [4.78, 5) is 26.1. The van der Waals surface area contributed by atoms with E-state index in [1.165, 1.54) is 5.56 Å². The summed E-state index contributed by atoms with van der Waals surface area (Å²) in [5.74, 6) is 2.51. The van der Waals surface area contributed by atoms with Gasteiger partial charge in [0.25, 0.3) is 0 Å². The van der Waals surface area contributed by atoms with Gasteiger partial charge < -0.3 is 14.2 Å². The highest BCUT2D eigenvalue weighted by Gasteiger charge is 2.41. The van der Waals surface area contributed by atoms with Crippen molar-refractivity contribution in [1.82, 2.24) is 0 Å². The summed E-state index contributed by atoms with van der Waals surface area (Å²) in [6.07, 6.45) is 4.03. The van der Waals surface area contributed by atoms with Gasteiger partial charge in [-0.1, -0.05) is 35.9 Å². The molecule has 0 saturated carbocycles. The largest absolute Gasteiger partial charge is 0.490 e. The molecule has 5 rings (SSSR count). The molecule has 0 fully saturated rings. The zero-order chi connectivity index (χ0) is 23.7. The van der Waals surface area contributed by atoms with Gasteiger partial charge in [0.1, 0.15) is 18.1 Å². The molecule has 176 valence electrons. The predicted molar refractivity (Wildman–Crippen MR) is 129 cm³/mol. The van der Waals surface area contributed by atoms with Crippen LogP contribution in [0.3, 0.4) is 0 Å². The molecule has 0 radical (unpaired) electrons. The Hall–Kier alpha value is -3.34. The average molecular weight is 459 g/mol. The molecule has 5 nitrogen and oxygen atoms in total. The molecule has 0 atom stereocenters. The summed E-state index contributed by atoms with van der Waals surface area (Å²) >= 11 is 0. The highest BCUT2D eigenvalue weighted by atomic mass is 16.5. The van der Waals surface area contributed by atoms with Crippen LogP contribution in [-0.4, -0.2) is 18.2 Å². The third-order valence-electron chi connectivity index (χ3n) is 6.72. The van der Waals surface area contributed by atoms with Crippen LogP contribution in [0.1, 0.15) is 68.1 Å². The van der Waals surface area contributed by atoms with E-state index in [2.05, 4.69) is 19.1 Å². The molecule has 0 bridgehead atoms. The van der Waals surface area contributed by atoms with Crippen LogP contribution in [0.5, 0.6) is 11.5 Å². The Balaban J connectivity index is 1.53. The summed E-state index contributed by atoms with van der Waals surface area (Å²) in [6.45, 7) is 4.91. The van der Waals surface area contributed by atoms with Crippen molar-refractivity contribution in [2.75, 3.05) is 6.61 Å². The molecule has 0 spiro atoms. The van der Waals surface area contributed by atoms with Crippen LogP contribution in [0.15, 0.2) is 65.1 Å². The summed E-state index contributed by atoms with van der Waals surface area (Å²) in [7, 11) is 0. The van der Waals surface area contributed by atoms with Crippen molar-refractivity contribution in [3.8, 4) is 11.5 Å². The molecule has 1 heterocycles. The lowest BCUT2D eigenvalue weighted by atomic mass is 9.73. The van der Waals surface area contributed by atoms with Gasteiger partial charge in [0.05, 0.1) is 6.61 Å². The first kappa shape index (κ1) is 22.5. The van der Waals surface area contributed by atoms with E-state index in [-0.39, 0.29) is 11.6 Å². The van der Waals surface area contributed by atoms with Gasteiger partial charge in [-0.3, -0.25) is 9.59 Å². The second kappa shape index (κ2) is 9.49. The molecule has 2 aromatic carbocycles. The standard InChI is InChI=1S/C29H30O5/c1-3-32-26-16-20(13-14-23(26)33-17-19-8-4-7-18(2)15-19)27-28-21(30)9-5-11-24(28)34-25-12-6-10-22(31)29(25)27/h4,7-8,13-16,27H,3,5-6,9-12,17H2,1-2H3. The van der Waals surface area contributed by atoms with Gasteiger partial charge in [0, 0.05) is 42.7 Å². The van der Waals surface area contributed by atoms with Crippen LogP contribution in [0.4, 0.5) is 0 Å². The molecule has 0 unspecified atom stereocenters. The van der Waals surface area contributed by atoms with Crippen molar-refractivity contribution in [2.24, 2.45) is 0 Å². The molecule has 5 heteroatoms.